The normalized spacial score (nSPS) is 14.4. The molecule has 110 valence electrons. The molecular formula is C15H29N3S. The van der Waals surface area contributed by atoms with Crippen molar-refractivity contribution < 1.29 is 0 Å². The Morgan fingerprint density at radius 2 is 1.95 bits per heavy atom. The van der Waals surface area contributed by atoms with E-state index in [0.29, 0.717) is 12.0 Å². The van der Waals surface area contributed by atoms with Crippen molar-refractivity contribution in [1.82, 2.24) is 15.2 Å². The zero-order valence-electron chi connectivity index (χ0n) is 13.4. The van der Waals surface area contributed by atoms with Crippen molar-refractivity contribution in [1.29, 1.82) is 0 Å². The summed E-state index contributed by atoms with van der Waals surface area (Å²) in [5.74, 6) is 0.672. The maximum absolute atomic E-state index is 4.71. The van der Waals surface area contributed by atoms with Gasteiger partial charge in [-0.25, -0.2) is 4.98 Å². The Morgan fingerprint density at radius 1 is 1.32 bits per heavy atom. The van der Waals surface area contributed by atoms with Crippen molar-refractivity contribution in [3.63, 3.8) is 0 Å². The van der Waals surface area contributed by atoms with E-state index in [9.17, 15) is 0 Å². The molecule has 1 unspecified atom stereocenters. The molecule has 0 bridgehead atoms. The second-order valence-corrected chi connectivity index (χ2v) is 7.68. The van der Waals surface area contributed by atoms with Gasteiger partial charge in [0.25, 0.3) is 0 Å². The van der Waals surface area contributed by atoms with Gasteiger partial charge in [-0.2, -0.15) is 0 Å². The fourth-order valence-corrected chi connectivity index (χ4v) is 2.48. The van der Waals surface area contributed by atoms with E-state index in [1.807, 2.05) is 0 Å². The predicted octanol–water partition coefficient (Wildman–Crippen LogP) is 3.51. The highest BCUT2D eigenvalue weighted by Gasteiger charge is 2.15. The first-order valence-corrected chi connectivity index (χ1v) is 7.95. The second kappa shape index (κ2) is 6.82. The van der Waals surface area contributed by atoms with Gasteiger partial charge < -0.3 is 5.32 Å². The van der Waals surface area contributed by atoms with E-state index in [0.717, 1.165) is 13.1 Å². The Morgan fingerprint density at radius 3 is 2.47 bits per heavy atom. The minimum Gasteiger partial charge on any atom is -0.306 e. The smallest absolute Gasteiger partial charge is 0.107 e. The Bertz CT molecular complexity index is 379. The Balaban J connectivity index is 2.51. The Hall–Kier alpha value is -0.450. The predicted molar refractivity (Wildman–Crippen MR) is 84.5 cm³/mol. The zero-order chi connectivity index (χ0) is 14.6. The lowest BCUT2D eigenvalue weighted by molar-refractivity contribution is 0.198. The molecule has 19 heavy (non-hydrogen) atoms. The van der Waals surface area contributed by atoms with Crippen molar-refractivity contribution >= 4 is 11.3 Å². The van der Waals surface area contributed by atoms with Crippen molar-refractivity contribution in [3.05, 3.63) is 16.1 Å². The lowest BCUT2D eigenvalue weighted by atomic mass is 10.1. The molecule has 1 aromatic rings. The van der Waals surface area contributed by atoms with Gasteiger partial charge in [0.05, 0.1) is 5.69 Å². The Kier molecular flexibility index (Phi) is 5.96. The molecule has 1 heterocycles. The number of hydrogen-bond donors (Lipinski definition) is 1. The van der Waals surface area contributed by atoms with Gasteiger partial charge in [-0.05, 0) is 40.7 Å². The number of rotatable bonds is 6. The minimum absolute atomic E-state index is 0.148. The molecule has 0 saturated carbocycles. The molecule has 0 amide bonds. The van der Waals surface area contributed by atoms with Crippen LogP contribution in [0.5, 0.6) is 0 Å². The summed E-state index contributed by atoms with van der Waals surface area (Å²) in [6.07, 6.45) is 0. The summed E-state index contributed by atoms with van der Waals surface area (Å²) in [7, 11) is 2.18. The highest BCUT2D eigenvalue weighted by molar-refractivity contribution is 7.09. The van der Waals surface area contributed by atoms with Crippen molar-refractivity contribution in [3.8, 4) is 0 Å². The quantitative estimate of drug-likeness (QED) is 0.866. The average Bonchev–Trinajstić information content (AvgIpc) is 2.72. The van der Waals surface area contributed by atoms with Crippen molar-refractivity contribution in [2.45, 2.75) is 66.2 Å². The molecule has 1 atom stereocenters. The molecule has 0 aromatic carbocycles. The average molecular weight is 283 g/mol. The summed E-state index contributed by atoms with van der Waals surface area (Å²) >= 11 is 1.75. The number of thiazole rings is 1. The first kappa shape index (κ1) is 16.6. The highest BCUT2D eigenvalue weighted by Crippen LogP contribution is 2.15. The fraction of sp³-hybridized carbons (Fsp3) is 0.800. The van der Waals surface area contributed by atoms with E-state index in [2.05, 4.69) is 64.2 Å². The van der Waals surface area contributed by atoms with Gasteiger partial charge in [0, 0.05) is 30.1 Å². The third kappa shape index (κ3) is 6.02. The summed E-state index contributed by atoms with van der Waals surface area (Å²) in [5, 5.41) is 6.84. The largest absolute Gasteiger partial charge is 0.306 e. The van der Waals surface area contributed by atoms with Gasteiger partial charge in [-0.1, -0.05) is 13.8 Å². The van der Waals surface area contributed by atoms with Crippen LogP contribution < -0.4 is 5.32 Å². The molecule has 0 spiro atoms. The van der Waals surface area contributed by atoms with Crippen LogP contribution in [0.1, 0.15) is 52.2 Å². The van der Waals surface area contributed by atoms with Gasteiger partial charge in [0.15, 0.2) is 0 Å². The summed E-state index contributed by atoms with van der Waals surface area (Å²) in [6.45, 7) is 15.1. The minimum atomic E-state index is 0.148. The van der Waals surface area contributed by atoms with Crippen LogP contribution in [0.25, 0.3) is 0 Å². The van der Waals surface area contributed by atoms with Crippen LogP contribution in [-0.4, -0.2) is 28.5 Å². The first-order chi connectivity index (χ1) is 8.69. The van der Waals surface area contributed by atoms with Crippen molar-refractivity contribution in [2.75, 3.05) is 7.05 Å². The van der Waals surface area contributed by atoms with E-state index in [4.69, 9.17) is 4.98 Å². The molecule has 0 saturated heterocycles. The number of nitrogens with one attached hydrogen (secondary N) is 1. The molecule has 0 fully saturated rings. The number of aromatic nitrogens is 1. The van der Waals surface area contributed by atoms with Gasteiger partial charge in [0.2, 0.25) is 0 Å². The summed E-state index contributed by atoms with van der Waals surface area (Å²) < 4.78 is 0. The van der Waals surface area contributed by atoms with Gasteiger partial charge in [-0.3, -0.25) is 4.90 Å². The molecule has 0 aliphatic heterocycles. The summed E-state index contributed by atoms with van der Waals surface area (Å²) in [4.78, 5) is 7.09. The molecular weight excluding hydrogens is 254 g/mol. The monoisotopic (exact) mass is 283 g/mol. The van der Waals surface area contributed by atoms with Gasteiger partial charge >= 0.3 is 0 Å². The van der Waals surface area contributed by atoms with Crippen LogP contribution in [0.2, 0.25) is 0 Å². The van der Waals surface area contributed by atoms with Crippen LogP contribution in [0, 0.1) is 5.92 Å². The SMILES string of the molecule is CC(C)C(C)N(C)Cc1csc(CNC(C)(C)C)n1. The topological polar surface area (TPSA) is 28.2 Å². The first-order valence-electron chi connectivity index (χ1n) is 7.07. The standard InChI is InChI=1S/C15H29N3S/c1-11(2)12(3)18(7)9-13-10-19-14(17-13)8-16-15(4,5)6/h10-12,16H,8-9H2,1-7H3. The molecule has 1 aromatic heterocycles. The molecule has 3 nitrogen and oxygen atoms in total. The van der Waals surface area contributed by atoms with E-state index in [1.165, 1.54) is 10.7 Å². The fourth-order valence-electron chi connectivity index (χ4n) is 1.75. The van der Waals surface area contributed by atoms with E-state index in [1.54, 1.807) is 11.3 Å². The van der Waals surface area contributed by atoms with Crippen LogP contribution in [0.4, 0.5) is 0 Å². The van der Waals surface area contributed by atoms with Gasteiger partial charge in [0.1, 0.15) is 5.01 Å². The van der Waals surface area contributed by atoms with Crippen LogP contribution in [-0.2, 0) is 13.1 Å². The van der Waals surface area contributed by atoms with E-state index < -0.39 is 0 Å². The zero-order valence-corrected chi connectivity index (χ0v) is 14.3. The Labute approximate surface area is 122 Å². The third-order valence-corrected chi connectivity index (χ3v) is 4.34. The van der Waals surface area contributed by atoms with E-state index in [-0.39, 0.29) is 5.54 Å². The summed E-state index contributed by atoms with van der Waals surface area (Å²) in [5.41, 5.74) is 1.33. The molecule has 4 heteroatoms. The second-order valence-electron chi connectivity index (χ2n) is 6.74. The molecule has 0 radical (unpaired) electrons. The van der Waals surface area contributed by atoms with Gasteiger partial charge in [-0.15, -0.1) is 11.3 Å². The molecule has 0 aliphatic carbocycles. The molecule has 0 aliphatic rings. The maximum Gasteiger partial charge on any atom is 0.107 e. The molecule has 1 rings (SSSR count). The lowest BCUT2D eigenvalue weighted by Crippen LogP contribution is -2.35. The lowest BCUT2D eigenvalue weighted by Gasteiger charge is -2.27. The van der Waals surface area contributed by atoms with Crippen LogP contribution >= 0.6 is 11.3 Å². The highest BCUT2D eigenvalue weighted by atomic mass is 32.1. The third-order valence-electron chi connectivity index (χ3n) is 3.44. The van der Waals surface area contributed by atoms with Crippen LogP contribution in [0.3, 0.4) is 0 Å². The maximum atomic E-state index is 4.71. The number of nitrogens with zero attached hydrogens (tertiary/aromatic N) is 2. The van der Waals surface area contributed by atoms with Crippen LogP contribution in [0.15, 0.2) is 5.38 Å². The van der Waals surface area contributed by atoms with Crippen molar-refractivity contribution in [2.24, 2.45) is 5.92 Å². The summed E-state index contributed by atoms with van der Waals surface area (Å²) in [6, 6.07) is 0.581. The molecule has 1 N–H and O–H groups in total. The van der Waals surface area contributed by atoms with E-state index >= 15 is 0 Å². The number of hydrogen-bond acceptors (Lipinski definition) is 4.